The zero-order chi connectivity index (χ0) is 19.9. The van der Waals surface area contributed by atoms with Crippen molar-refractivity contribution in [2.45, 2.75) is 0 Å². The molecular formula is C21H24ClN5O. The monoisotopic (exact) mass is 397 g/mol. The second kappa shape index (κ2) is 9.39. The summed E-state index contributed by atoms with van der Waals surface area (Å²) in [6, 6.07) is 17.3. The van der Waals surface area contributed by atoms with Crippen molar-refractivity contribution in [1.29, 1.82) is 0 Å². The molecule has 0 aliphatic rings. The first-order chi connectivity index (χ1) is 13.5. The van der Waals surface area contributed by atoms with Crippen molar-refractivity contribution in [2.24, 2.45) is 0 Å². The van der Waals surface area contributed by atoms with E-state index in [4.69, 9.17) is 16.3 Å². The number of hydrogen-bond acceptors (Lipinski definition) is 6. The van der Waals surface area contributed by atoms with E-state index >= 15 is 0 Å². The molecule has 3 aromatic rings. The lowest BCUT2D eigenvalue weighted by Crippen LogP contribution is -2.21. The smallest absolute Gasteiger partial charge is 0.229 e. The Balaban J connectivity index is 1.94. The third-order valence-corrected chi connectivity index (χ3v) is 4.30. The van der Waals surface area contributed by atoms with Crippen LogP contribution in [-0.4, -0.2) is 49.2 Å². The summed E-state index contributed by atoms with van der Waals surface area (Å²) in [7, 11) is 5.69. The van der Waals surface area contributed by atoms with E-state index in [1.165, 1.54) is 0 Å². The molecule has 0 spiro atoms. The fourth-order valence-corrected chi connectivity index (χ4v) is 2.83. The van der Waals surface area contributed by atoms with Gasteiger partial charge < -0.3 is 20.3 Å². The number of rotatable bonds is 8. The van der Waals surface area contributed by atoms with Gasteiger partial charge in [0.05, 0.1) is 18.5 Å². The van der Waals surface area contributed by atoms with E-state index in [0.717, 1.165) is 30.2 Å². The zero-order valence-electron chi connectivity index (χ0n) is 16.2. The molecule has 0 fully saturated rings. The number of aromatic nitrogens is 2. The first kappa shape index (κ1) is 19.9. The molecule has 3 rings (SSSR count). The maximum atomic E-state index is 6.14. The molecule has 0 unspecified atom stereocenters. The second-order valence-corrected chi connectivity index (χ2v) is 6.96. The summed E-state index contributed by atoms with van der Waals surface area (Å²) in [4.78, 5) is 11.4. The van der Waals surface area contributed by atoms with Gasteiger partial charge in [-0.3, -0.25) is 0 Å². The first-order valence-electron chi connectivity index (χ1n) is 8.99. The number of methoxy groups -OCH3 is 1. The molecule has 0 saturated carbocycles. The number of hydrogen-bond donors (Lipinski definition) is 2. The lowest BCUT2D eigenvalue weighted by atomic mass is 10.1. The van der Waals surface area contributed by atoms with E-state index < -0.39 is 0 Å². The Bertz CT molecular complexity index is 918. The van der Waals surface area contributed by atoms with Gasteiger partial charge in [-0.1, -0.05) is 41.9 Å². The van der Waals surface area contributed by atoms with Gasteiger partial charge in [0.25, 0.3) is 0 Å². The standard InChI is InChI=1S/C21H24ClN5O/c1-27(2)12-11-23-20-14-17(15-7-5-4-6-8-15)24-21(26-20)25-18-13-16(22)9-10-19(18)28-3/h4-10,13-14H,11-12H2,1-3H3,(H2,23,24,25,26). The highest BCUT2D eigenvalue weighted by molar-refractivity contribution is 6.31. The van der Waals surface area contributed by atoms with Gasteiger partial charge in [-0.2, -0.15) is 4.98 Å². The molecule has 0 aliphatic heterocycles. The van der Waals surface area contributed by atoms with Gasteiger partial charge in [0.2, 0.25) is 5.95 Å². The quantitative estimate of drug-likeness (QED) is 0.582. The maximum absolute atomic E-state index is 6.14. The highest BCUT2D eigenvalue weighted by atomic mass is 35.5. The fraction of sp³-hybridized carbons (Fsp3) is 0.238. The topological polar surface area (TPSA) is 62.3 Å². The summed E-state index contributed by atoms with van der Waals surface area (Å²) in [5.74, 6) is 1.88. The summed E-state index contributed by atoms with van der Waals surface area (Å²) in [5.41, 5.74) is 2.55. The van der Waals surface area contributed by atoms with Crippen molar-refractivity contribution < 1.29 is 4.74 Å². The number of likely N-dealkylation sites (N-methyl/N-ethyl adjacent to an activating group) is 1. The Morgan fingerprint density at radius 1 is 1.04 bits per heavy atom. The molecule has 0 bridgehead atoms. The molecule has 1 heterocycles. The van der Waals surface area contributed by atoms with Crippen molar-refractivity contribution in [2.75, 3.05) is 44.9 Å². The van der Waals surface area contributed by atoms with Crippen LogP contribution in [0.2, 0.25) is 5.02 Å². The Morgan fingerprint density at radius 3 is 2.54 bits per heavy atom. The number of benzene rings is 2. The lowest BCUT2D eigenvalue weighted by molar-refractivity contribution is 0.417. The second-order valence-electron chi connectivity index (χ2n) is 6.53. The van der Waals surface area contributed by atoms with Gasteiger partial charge in [0.1, 0.15) is 11.6 Å². The van der Waals surface area contributed by atoms with E-state index in [0.29, 0.717) is 22.4 Å². The van der Waals surface area contributed by atoms with Crippen LogP contribution in [0.4, 0.5) is 17.5 Å². The number of nitrogens with one attached hydrogen (secondary N) is 2. The van der Waals surface area contributed by atoms with Crippen LogP contribution in [0.3, 0.4) is 0 Å². The van der Waals surface area contributed by atoms with Gasteiger partial charge in [-0.05, 0) is 32.3 Å². The number of anilines is 3. The van der Waals surface area contributed by atoms with Crippen LogP contribution in [0.1, 0.15) is 0 Å². The molecule has 28 heavy (non-hydrogen) atoms. The minimum atomic E-state index is 0.467. The van der Waals surface area contributed by atoms with E-state index in [1.807, 2.05) is 56.6 Å². The molecule has 0 saturated heterocycles. The first-order valence-corrected chi connectivity index (χ1v) is 9.36. The molecule has 0 atom stereocenters. The summed E-state index contributed by atoms with van der Waals surface area (Å²) < 4.78 is 5.41. The average molecular weight is 398 g/mol. The van der Waals surface area contributed by atoms with Crippen LogP contribution in [0.25, 0.3) is 11.3 Å². The Labute approximate surface area is 170 Å². The van der Waals surface area contributed by atoms with E-state index in [1.54, 1.807) is 19.2 Å². The van der Waals surface area contributed by atoms with Crippen LogP contribution >= 0.6 is 11.6 Å². The summed E-state index contributed by atoms with van der Waals surface area (Å²) in [6.07, 6.45) is 0. The van der Waals surface area contributed by atoms with Crippen molar-refractivity contribution in [3.63, 3.8) is 0 Å². The van der Waals surface area contributed by atoms with Crippen molar-refractivity contribution in [3.05, 3.63) is 59.6 Å². The van der Waals surface area contributed by atoms with Crippen LogP contribution in [0, 0.1) is 0 Å². The Morgan fingerprint density at radius 2 is 1.82 bits per heavy atom. The van der Waals surface area contributed by atoms with Crippen LogP contribution < -0.4 is 15.4 Å². The molecule has 1 aromatic heterocycles. The molecule has 0 aliphatic carbocycles. The summed E-state index contributed by atoms with van der Waals surface area (Å²) in [6.45, 7) is 1.67. The minimum absolute atomic E-state index is 0.467. The van der Waals surface area contributed by atoms with Gasteiger partial charge in [0.15, 0.2) is 0 Å². The number of halogens is 1. The van der Waals surface area contributed by atoms with E-state index in [9.17, 15) is 0 Å². The fourth-order valence-electron chi connectivity index (χ4n) is 2.66. The Kier molecular flexibility index (Phi) is 6.68. The molecule has 2 aromatic carbocycles. The highest BCUT2D eigenvalue weighted by Gasteiger charge is 2.10. The molecule has 0 amide bonds. The van der Waals surface area contributed by atoms with E-state index in [2.05, 4.69) is 25.5 Å². The van der Waals surface area contributed by atoms with Crippen LogP contribution in [0.5, 0.6) is 5.75 Å². The Hall–Kier alpha value is -2.83. The predicted octanol–water partition coefficient (Wildman–Crippen LogP) is 4.52. The predicted molar refractivity (Wildman–Crippen MR) is 116 cm³/mol. The third-order valence-electron chi connectivity index (χ3n) is 4.07. The maximum Gasteiger partial charge on any atom is 0.229 e. The third kappa shape index (κ3) is 5.34. The summed E-state index contributed by atoms with van der Waals surface area (Å²) in [5, 5.41) is 7.20. The molecular weight excluding hydrogens is 374 g/mol. The average Bonchev–Trinajstić information content (AvgIpc) is 2.68. The molecule has 0 radical (unpaired) electrons. The van der Waals surface area contributed by atoms with Crippen molar-refractivity contribution in [1.82, 2.24) is 14.9 Å². The van der Waals surface area contributed by atoms with Gasteiger partial charge in [-0.25, -0.2) is 4.98 Å². The summed E-state index contributed by atoms with van der Waals surface area (Å²) >= 11 is 6.14. The van der Waals surface area contributed by atoms with Crippen molar-refractivity contribution >= 4 is 29.1 Å². The van der Waals surface area contributed by atoms with Gasteiger partial charge >= 0.3 is 0 Å². The SMILES string of the molecule is COc1ccc(Cl)cc1Nc1nc(NCCN(C)C)cc(-c2ccccc2)n1. The largest absolute Gasteiger partial charge is 0.495 e. The van der Waals surface area contributed by atoms with Gasteiger partial charge in [0, 0.05) is 29.7 Å². The minimum Gasteiger partial charge on any atom is -0.495 e. The molecule has 7 heteroatoms. The molecule has 6 nitrogen and oxygen atoms in total. The normalized spacial score (nSPS) is 10.8. The highest BCUT2D eigenvalue weighted by Crippen LogP contribution is 2.30. The van der Waals surface area contributed by atoms with Crippen LogP contribution in [-0.2, 0) is 0 Å². The number of nitrogens with zero attached hydrogens (tertiary/aromatic N) is 3. The van der Waals surface area contributed by atoms with Crippen LogP contribution in [0.15, 0.2) is 54.6 Å². The van der Waals surface area contributed by atoms with Crippen molar-refractivity contribution in [3.8, 4) is 17.0 Å². The molecule has 2 N–H and O–H groups in total. The zero-order valence-corrected chi connectivity index (χ0v) is 17.0. The van der Waals surface area contributed by atoms with Gasteiger partial charge in [-0.15, -0.1) is 0 Å². The molecule has 146 valence electrons. The lowest BCUT2D eigenvalue weighted by Gasteiger charge is -2.14. The number of ether oxygens (including phenoxy) is 1. The van der Waals surface area contributed by atoms with E-state index in [-0.39, 0.29) is 0 Å².